The van der Waals surface area contributed by atoms with Crippen LogP contribution in [0.15, 0.2) is 4.99 Å². The van der Waals surface area contributed by atoms with Crippen molar-refractivity contribution in [3.63, 3.8) is 0 Å². The lowest BCUT2D eigenvalue weighted by molar-refractivity contribution is -0.117. The van der Waals surface area contributed by atoms with E-state index in [1.807, 2.05) is 6.92 Å². The Morgan fingerprint density at radius 1 is 1.58 bits per heavy atom. The Kier molecular flexibility index (Phi) is 3.46. The molecular weight excluding hydrogens is 192 g/mol. The van der Waals surface area contributed by atoms with E-state index >= 15 is 0 Å². The van der Waals surface area contributed by atoms with Gasteiger partial charge in [0.2, 0.25) is 5.91 Å². The molecular formula is C7H12N2OS2. The Morgan fingerprint density at radius 2 is 2.25 bits per heavy atom. The highest BCUT2D eigenvalue weighted by Gasteiger charge is 2.18. The summed E-state index contributed by atoms with van der Waals surface area (Å²) in [4.78, 5) is 15.0. The van der Waals surface area contributed by atoms with Crippen LogP contribution in [0.4, 0.5) is 0 Å². The van der Waals surface area contributed by atoms with Crippen LogP contribution < -0.4 is 5.32 Å². The van der Waals surface area contributed by atoms with Crippen molar-refractivity contribution in [2.24, 2.45) is 4.99 Å². The quantitative estimate of drug-likeness (QED) is 0.652. The Balaban J connectivity index is 2.57. The molecule has 1 aliphatic heterocycles. The molecule has 2 atom stereocenters. The first-order valence-electron chi connectivity index (χ1n) is 3.75. The summed E-state index contributed by atoms with van der Waals surface area (Å²) in [6.45, 7) is 5.64. The van der Waals surface area contributed by atoms with Gasteiger partial charge in [-0.1, -0.05) is 11.8 Å². The second-order valence-corrected chi connectivity index (χ2v) is 5.83. The summed E-state index contributed by atoms with van der Waals surface area (Å²) in [5.41, 5.74) is 0. The smallest absolute Gasteiger partial charge is 0.222 e. The van der Waals surface area contributed by atoms with E-state index in [1.54, 1.807) is 23.5 Å². The predicted molar refractivity (Wildman–Crippen MR) is 55.4 cm³/mol. The van der Waals surface area contributed by atoms with Crippen molar-refractivity contribution in [3.8, 4) is 0 Å². The van der Waals surface area contributed by atoms with Gasteiger partial charge in [-0.25, -0.2) is 4.99 Å². The van der Waals surface area contributed by atoms with Crippen LogP contribution in [-0.4, -0.2) is 21.0 Å². The summed E-state index contributed by atoms with van der Waals surface area (Å²) in [5.74, 6) is -0.0486. The van der Waals surface area contributed by atoms with E-state index < -0.39 is 0 Å². The van der Waals surface area contributed by atoms with E-state index in [2.05, 4.69) is 17.2 Å². The van der Waals surface area contributed by atoms with Gasteiger partial charge in [0, 0.05) is 6.92 Å². The van der Waals surface area contributed by atoms with Crippen molar-refractivity contribution < 1.29 is 4.79 Å². The minimum atomic E-state index is -0.0486. The number of amidine groups is 1. The van der Waals surface area contributed by atoms with E-state index in [1.165, 1.54) is 6.92 Å². The fourth-order valence-electron chi connectivity index (χ4n) is 0.901. The van der Waals surface area contributed by atoms with Gasteiger partial charge in [0.15, 0.2) is 5.17 Å². The average molecular weight is 204 g/mol. The van der Waals surface area contributed by atoms with Crippen molar-refractivity contribution in [1.29, 1.82) is 0 Å². The molecule has 0 saturated carbocycles. The first-order chi connectivity index (χ1) is 5.58. The van der Waals surface area contributed by atoms with Crippen LogP contribution in [0.25, 0.3) is 0 Å². The minimum Gasteiger partial charge on any atom is -0.306 e. The van der Waals surface area contributed by atoms with E-state index in [4.69, 9.17) is 0 Å². The Hall–Kier alpha value is -0.160. The van der Waals surface area contributed by atoms with E-state index in [-0.39, 0.29) is 11.3 Å². The number of nitrogens with zero attached hydrogens (tertiary/aromatic N) is 1. The molecule has 0 aliphatic carbocycles. The Labute approximate surface area is 80.8 Å². The molecule has 0 aromatic carbocycles. The van der Waals surface area contributed by atoms with Crippen LogP contribution >= 0.6 is 23.5 Å². The van der Waals surface area contributed by atoms with Gasteiger partial charge in [0.05, 0.1) is 9.96 Å². The highest BCUT2D eigenvalue weighted by atomic mass is 32.2. The van der Waals surface area contributed by atoms with E-state index in [0.29, 0.717) is 4.58 Å². The molecule has 12 heavy (non-hydrogen) atoms. The molecule has 0 spiro atoms. The van der Waals surface area contributed by atoms with Gasteiger partial charge < -0.3 is 5.32 Å². The SMILES string of the molecule is CC(=O)NC1=NC(C)SC(C)S1. The molecule has 3 nitrogen and oxygen atoms in total. The summed E-state index contributed by atoms with van der Waals surface area (Å²) in [6, 6.07) is 0. The molecule has 0 aromatic heterocycles. The van der Waals surface area contributed by atoms with Crippen LogP contribution in [0.1, 0.15) is 20.8 Å². The normalized spacial score (nSPS) is 29.4. The van der Waals surface area contributed by atoms with Gasteiger partial charge in [0.1, 0.15) is 0 Å². The zero-order valence-electron chi connectivity index (χ0n) is 7.33. The van der Waals surface area contributed by atoms with Gasteiger partial charge in [-0.15, -0.1) is 11.8 Å². The van der Waals surface area contributed by atoms with Gasteiger partial charge in [0.25, 0.3) is 0 Å². The molecule has 5 heteroatoms. The van der Waals surface area contributed by atoms with Crippen molar-refractivity contribution in [2.45, 2.75) is 30.7 Å². The molecule has 0 fully saturated rings. The molecule has 2 unspecified atom stereocenters. The van der Waals surface area contributed by atoms with Gasteiger partial charge in [-0.2, -0.15) is 0 Å². The van der Waals surface area contributed by atoms with E-state index in [0.717, 1.165) is 5.17 Å². The number of aliphatic imine (C=N–C) groups is 1. The summed E-state index contributed by atoms with van der Waals surface area (Å²) in [6.07, 6.45) is 0. The van der Waals surface area contributed by atoms with Gasteiger partial charge in [-0.3, -0.25) is 4.79 Å². The molecule has 0 aromatic rings. The molecule has 1 amide bonds. The highest BCUT2D eigenvalue weighted by molar-refractivity contribution is 8.25. The van der Waals surface area contributed by atoms with Crippen LogP contribution in [0.2, 0.25) is 0 Å². The first kappa shape index (κ1) is 9.92. The highest BCUT2D eigenvalue weighted by Crippen LogP contribution is 2.32. The lowest BCUT2D eigenvalue weighted by Gasteiger charge is -2.21. The van der Waals surface area contributed by atoms with Crippen molar-refractivity contribution in [3.05, 3.63) is 0 Å². The zero-order valence-corrected chi connectivity index (χ0v) is 8.96. The maximum absolute atomic E-state index is 10.7. The maximum Gasteiger partial charge on any atom is 0.222 e. The fraction of sp³-hybridized carbons (Fsp3) is 0.714. The standard InChI is InChI=1S/C7H12N2OS2/c1-4(10)8-7-9-5(2)11-6(3)12-7/h5-6H,1-3H3,(H,8,9,10). The predicted octanol–water partition coefficient (Wildman–Crippen LogP) is 1.65. The lowest BCUT2D eigenvalue weighted by atomic mass is 10.7. The average Bonchev–Trinajstić information content (AvgIpc) is 1.81. The van der Waals surface area contributed by atoms with E-state index in [9.17, 15) is 4.79 Å². The zero-order chi connectivity index (χ0) is 9.14. The topological polar surface area (TPSA) is 41.5 Å². The Bertz CT molecular complexity index is 217. The van der Waals surface area contributed by atoms with Crippen LogP contribution in [0, 0.1) is 0 Å². The number of nitrogens with one attached hydrogen (secondary N) is 1. The molecule has 1 N–H and O–H groups in total. The van der Waals surface area contributed by atoms with Crippen molar-refractivity contribution in [2.75, 3.05) is 0 Å². The molecule has 1 heterocycles. The molecule has 1 rings (SSSR count). The number of carbonyl (C=O) groups is 1. The van der Waals surface area contributed by atoms with Gasteiger partial charge >= 0.3 is 0 Å². The first-order valence-corrected chi connectivity index (χ1v) is 5.57. The van der Waals surface area contributed by atoms with Gasteiger partial charge in [-0.05, 0) is 13.8 Å². The Morgan fingerprint density at radius 3 is 2.75 bits per heavy atom. The molecule has 0 radical (unpaired) electrons. The summed E-state index contributed by atoms with van der Waals surface area (Å²) in [5, 5.41) is 3.71. The number of rotatable bonds is 0. The monoisotopic (exact) mass is 204 g/mol. The third-order valence-corrected chi connectivity index (χ3v) is 3.52. The number of thioether (sulfide) groups is 2. The largest absolute Gasteiger partial charge is 0.306 e. The third kappa shape index (κ3) is 3.06. The van der Waals surface area contributed by atoms with Crippen LogP contribution in [0.3, 0.4) is 0 Å². The number of carbonyl (C=O) groups excluding carboxylic acids is 1. The molecule has 1 aliphatic rings. The second-order valence-electron chi connectivity index (χ2n) is 2.54. The van der Waals surface area contributed by atoms with Crippen molar-refractivity contribution >= 4 is 34.6 Å². The molecule has 0 bridgehead atoms. The molecule has 0 saturated heterocycles. The van der Waals surface area contributed by atoms with Crippen LogP contribution in [0.5, 0.6) is 0 Å². The fourth-order valence-corrected chi connectivity index (χ4v) is 3.40. The summed E-state index contributed by atoms with van der Waals surface area (Å²) >= 11 is 3.40. The number of hydrogen-bond acceptors (Lipinski definition) is 4. The lowest BCUT2D eigenvalue weighted by Crippen LogP contribution is -2.29. The number of amides is 1. The van der Waals surface area contributed by atoms with Crippen LogP contribution in [-0.2, 0) is 4.79 Å². The van der Waals surface area contributed by atoms with Crippen molar-refractivity contribution in [1.82, 2.24) is 5.32 Å². The third-order valence-electron chi connectivity index (χ3n) is 1.25. The summed E-state index contributed by atoms with van der Waals surface area (Å²) in [7, 11) is 0. The maximum atomic E-state index is 10.7. The number of hydrogen-bond donors (Lipinski definition) is 1. The summed E-state index contributed by atoms with van der Waals surface area (Å²) < 4.78 is 0.472. The minimum absolute atomic E-state index is 0.0486. The second kappa shape index (κ2) is 4.18. The molecule has 68 valence electrons.